The van der Waals surface area contributed by atoms with Crippen molar-refractivity contribution in [2.75, 3.05) is 0 Å². The van der Waals surface area contributed by atoms with Crippen molar-refractivity contribution >= 4 is 33.1 Å². The van der Waals surface area contributed by atoms with Crippen LogP contribution in [-0.4, -0.2) is 45.3 Å². The summed E-state index contributed by atoms with van der Waals surface area (Å²) in [5.74, 6) is 1.67. The minimum atomic E-state index is 0.499. The van der Waals surface area contributed by atoms with Crippen molar-refractivity contribution in [3.63, 3.8) is 0 Å². The summed E-state index contributed by atoms with van der Waals surface area (Å²) in [6, 6.07) is 49.1. The number of nitrogens with zero attached hydrogens (tertiary/aromatic N) is 6. The van der Waals surface area contributed by atoms with Crippen molar-refractivity contribution < 1.29 is 0 Å². The van der Waals surface area contributed by atoms with Gasteiger partial charge in [-0.25, -0.2) is 15.0 Å². The number of fused-ring (bicyclic) bond motifs is 3. The summed E-state index contributed by atoms with van der Waals surface area (Å²) in [6.45, 7) is 0. The van der Waals surface area contributed by atoms with E-state index in [1.165, 1.54) is 0 Å². The van der Waals surface area contributed by atoms with Crippen LogP contribution in [0, 0.1) is 0 Å². The van der Waals surface area contributed by atoms with Crippen LogP contribution in [0.15, 0.2) is 146 Å². The van der Waals surface area contributed by atoms with Gasteiger partial charge in [-0.15, -0.1) is 10.2 Å². The van der Waals surface area contributed by atoms with E-state index < -0.39 is 0 Å². The second-order valence-electron chi connectivity index (χ2n) is 12.3. The molecule has 10 aromatic rings. The number of benzene rings is 6. The van der Waals surface area contributed by atoms with E-state index >= 15 is 0 Å². The Kier molecular flexibility index (Phi) is 6.60. The monoisotopic (exact) mass is 657 g/mol. The molecule has 4 aromatic heterocycles. The number of H-pyrrole nitrogens is 3. The predicted octanol–water partition coefficient (Wildman–Crippen LogP) is 9.50. The summed E-state index contributed by atoms with van der Waals surface area (Å²) in [4.78, 5) is 26.0. The molecule has 240 valence electrons. The van der Waals surface area contributed by atoms with E-state index in [4.69, 9.17) is 15.0 Å². The molecule has 0 saturated heterocycles. The lowest BCUT2D eigenvalue weighted by atomic mass is 10.0. The van der Waals surface area contributed by atoms with Crippen LogP contribution in [0.25, 0.3) is 101 Å². The second kappa shape index (κ2) is 11.7. The third kappa shape index (κ3) is 4.87. The number of imidazole rings is 3. The SMILES string of the molecule is c1ccc(-c2cccc3nc(-c4nnnc(-c5nc6cccc(-c7ccccc7)c6[nH]5)c4-c4nc5cccc(-c6ccccc6)c5[nH]4)[nH]c23)cc1. The molecule has 0 saturated carbocycles. The molecule has 9 heteroatoms. The van der Waals surface area contributed by atoms with E-state index in [0.29, 0.717) is 34.4 Å². The first-order chi connectivity index (χ1) is 25.3. The molecule has 0 aliphatic heterocycles. The van der Waals surface area contributed by atoms with Crippen molar-refractivity contribution in [3.05, 3.63) is 146 Å². The van der Waals surface area contributed by atoms with Gasteiger partial charge < -0.3 is 15.0 Å². The van der Waals surface area contributed by atoms with Crippen LogP contribution in [0.5, 0.6) is 0 Å². The molecule has 0 aliphatic carbocycles. The molecular weight excluding hydrogens is 631 g/mol. The van der Waals surface area contributed by atoms with E-state index in [2.05, 4.69) is 85.0 Å². The third-order valence-corrected chi connectivity index (χ3v) is 9.26. The zero-order valence-electron chi connectivity index (χ0n) is 27.0. The Bertz CT molecular complexity index is 2720. The zero-order valence-corrected chi connectivity index (χ0v) is 27.0. The van der Waals surface area contributed by atoms with Gasteiger partial charge in [-0.3, -0.25) is 0 Å². The quantitative estimate of drug-likeness (QED) is 0.164. The lowest BCUT2D eigenvalue weighted by Crippen LogP contribution is -2.02. The maximum atomic E-state index is 5.13. The van der Waals surface area contributed by atoms with Gasteiger partial charge in [-0.05, 0) is 40.1 Å². The number of para-hydroxylation sites is 3. The van der Waals surface area contributed by atoms with Crippen molar-refractivity contribution in [1.82, 2.24) is 45.3 Å². The lowest BCUT2D eigenvalue weighted by molar-refractivity contribution is 0.868. The van der Waals surface area contributed by atoms with Gasteiger partial charge in [-0.2, -0.15) is 0 Å². The lowest BCUT2D eigenvalue weighted by Gasteiger charge is -2.07. The summed E-state index contributed by atoms with van der Waals surface area (Å²) in [5.41, 5.74) is 13.1. The van der Waals surface area contributed by atoms with Crippen molar-refractivity contribution in [2.45, 2.75) is 0 Å². The number of nitrogens with one attached hydrogen (secondary N) is 3. The average Bonchev–Trinajstić information content (AvgIpc) is 3.95. The van der Waals surface area contributed by atoms with Crippen LogP contribution in [-0.2, 0) is 0 Å². The molecule has 51 heavy (non-hydrogen) atoms. The van der Waals surface area contributed by atoms with Gasteiger partial charge in [0.05, 0.1) is 38.7 Å². The van der Waals surface area contributed by atoms with Gasteiger partial charge in [0.1, 0.15) is 17.2 Å². The summed E-state index contributed by atoms with van der Waals surface area (Å²) in [6.07, 6.45) is 0. The standard InChI is InChI=1S/C42H27N9/c1-4-13-25(14-5-1)28-19-10-22-31-35(28)46-40(43-31)34-38(41-44-32-23-11-20-29(36(32)47-41)26-15-6-2-7-16-26)49-51-50-39(34)42-45-33-24-12-21-30(37(33)48-42)27-17-8-3-9-18-27/h1-24H,(H,43,46)(H,44,47)(H,45,48). The zero-order chi connectivity index (χ0) is 33.7. The van der Waals surface area contributed by atoms with Crippen LogP contribution in [0.1, 0.15) is 0 Å². The van der Waals surface area contributed by atoms with E-state index in [9.17, 15) is 0 Å². The van der Waals surface area contributed by atoms with E-state index in [-0.39, 0.29) is 0 Å². The first-order valence-corrected chi connectivity index (χ1v) is 16.7. The molecule has 0 spiro atoms. The number of hydrogen-bond donors (Lipinski definition) is 3. The number of hydrogen-bond acceptors (Lipinski definition) is 6. The molecule has 0 bridgehead atoms. The van der Waals surface area contributed by atoms with E-state index in [1.807, 2.05) is 91.0 Å². The molecule has 0 radical (unpaired) electrons. The highest BCUT2D eigenvalue weighted by Gasteiger charge is 2.26. The predicted molar refractivity (Wildman–Crippen MR) is 201 cm³/mol. The highest BCUT2D eigenvalue weighted by atomic mass is 15.3. The minimum Gasteiger partial charge on any atom is -0.337 e. The van der Waals surface area contributed by atoms with E-state index in [1.54, 1.807) is 0 Å². The van der Waals surface area contributed by atoms with Crippen molar-refractivity contribution in [2.24, 2.45) is 0 Å². The Labute approximate surface area is 291 Å². The van der Waals surface area contributed by atoms with Gasteiger partial charge in [0, 0.05) is 16.7 Å². The maximum absolute atomic E-state index is 5.13. The van der Waals surface area contributed by atoms with Crippen molar-refractivity contribution in [1.29, 1.82) is 0 Å². The van der Waals surface area contributed by atoms with Crippen LogP contribution in [0.4, 0.5) is 0 Å². The minimum absolute atomic E-state index is 0.499. The van der Waals surface area contributed by atoms with Crippen LogP contribution >= 0.6 is 0 Å². The number of rotatable bonds is 6. The number of aromatic amines is 3. The van der Waals surface area contributed by atoms with Gasteiger partial charge >= 0.3 is 0 Å². The van der Waals surface area contributed by atoms with Crippen LogP contribution < -0.4 is 0 Å². The van der Waals surface area contributed by atoms with E-state index in [0.717, 1.165) is 66.5 Å². The highest BCUT2D eigenvalue weighted by molar-refractivity contribution is 5.99. The third-order valence-electron chi connectivity index (χ3n) is 9.26. The molecule has 0 amide bonds. The fourth-order valence-electron chi connectivity index (χ4n) is 6.89. The number of aromatic nitrogens is 9. The Hall–Kier alpha value is -7.26. The van der Waals surface area contributed by atoms with Crippen LogP contribution in [0.3, 0.4) is 0 Å². The molecule has 4 heterocycles. The van der Waals surface area contributed by atoms with Gasteiger partial charge in [0.15, 0.2) is 11.6 Å². The molecule has 3 N–H and O–H groups in total. The van der Waals surface area contributed by atoms with Crippen LogP contribution in [0.2, 0.25) is 0 Å². The molecule has 0 unspecified atom stereocenters. The largest absolute Gasteiger partial charge is 0.337 e. The summed E-state index contributed by atoms with van der Waals surface area (Å²) < 4.78 is 0. The smallest absolute Gasteiger partial charge is 0.160 e. The first-order valence-electron chi connectivity index (χ1n) is 16.7. The molecule has 9 nitrogen and oxygen atoms in total. The molecule has 6 aromatic carbocycles. The maximum Gasteiger partial charge on any atom is 0.160 e. The first kappa shape index (κ1) is 28.7. The molecule has 0 aliphatic rings. The fourth-order valence-corrected chi connectivity index (χ4v) is 6.89. The summed E-state index contributed by atoms with van der Waals surface area (Å²) in [7, 11) is 0. The normalized spacial score (nSPS) is 11.5. The Morgan fingerprint density at radius 2 is 0.686 bits per heavy atom. The Balaban J connectivity index is 1.22. The average molecular weight is 658 g/mol. The second-order valence-corrected chi connectivity index (χ2v) is 12.3. The van der Waals surface area contributed by atoms with Gasteiger partial charge in [0.25, 0.3) is 0 Å². The summed E-state index contributed by atoms with van der Waals surface area (Å²) in [5, 5.41) is 13.5. The Morgan fingerprint density at radius 3 is 1.08 bits per heavy atom. The van der Waals surface area contributed by atoms with Gasteiger partial charge in [-0.1, -0.05) is 127 Å². The molecular formula is C42H27N9. The Morgan fingerprint density at radius 1 is 0.333 bits per heavy atom. The summed E-state index contributed by atoms with van der Waals surface area (Å²) >= 11 is 0. The highest BCUT2D eigenvalue weighted by Crippen LogP contribution is 2.39. The fraction of sp³-hybridized carbons (Fsp3) is 0. The molecule has 0 atom stereocenters. The molecule has 0 fully saturated rings. The van der Waals surface area contributed by atoms with Crippen molar-refractivity contribution in [3.8, 4) is 67.8 Å². The topological polar surface area (TPSA) is 125 Å². The van der Waals surface area contributed by atoms with Gasteiger partial charge in [0.2, 0.25) is 0 Å². The molecule has 10 rings (SSSR count).